The summed E-state index contributed by atoms with van der Waals surface area (Å²) in [5, 5.41) is 19.0. The van der Waals surface area contributed by atoms with E-state index in [9.17, 15) is 13.2 Å². The molecule has 0 radical (unpaired) electrons. The monoisotopic (exact) mass is 386 g/mol. The lowest BCUT2D eigenvalue weighted by Gasteiger charge is -2.09. The van der Waals surface area contributed by atoms with E-state index in [1.165, 1.54) is 24.5 Å². The first-order valence-electron chi connectivity index (χ1n) is 7.79. The number of nitrogens with zero attached hydrogens (tertiary/aromatic N) is 3. The largest absolute Gasteiger partial charge is 0.573 e. The molecule has 10 heteroatoms. The summed E-state index contributed by atoms with van der Waals surface area (Å²) in [5.74, 6) is -0.166. The highest BCUT2D eigenvalue weighted by Gasteiger charge is 2.31. The van der Waals surface area contributed by atoms with Gasteiger partial charge in [0.1, 0.15) is 11.3 Å². The summed E-state index contributed by atoms with van der Waals surface area (Å²) < 4.78 is 52.2. The maximum Gasteiger partial charge on any atom is 0.573 e. The smallest absolute Gasteiger partial charge is 0.464 e. The maximum absolute atomic E-state index is 12.5. The number of nitrogens with one attached hydrogen (secondary N) is 1. The topological polar surface area (TPSA) is 97.1 Å². The molecule has 0 aliphatic carbocycles. The summed E-state index contributed by atoms with van der Waals surface area (Å²) in [5.41, 5.74) is 2.13. The number of halogens is 3. The molecule has 0 aliphatic heterocycles. The minimum Gasteiger partial charge on any atom is -0.464 e. The molecule has 2 aromatic heterocycles. The van der Waals surface area contributed by atoms with Crippen LogP contribution in [0, 0.1) is 11.5 Å². The Bertz CT molecular complexity index is 1190. The van der Waals surface area contributed by atoms with Gasteiger partial charge in [0.15, 0.2) is 6.19 Å². The predicted molar refractivity (Wildman–Crippen MR) is 90.9 cm³/mol. The van der Waals surface area contributed by atoms with E-state index in [0.29, 0.717) is 27.7 Å². The number of nitriles is 1. The highest BCUT2D eigenvalue weighted by atomic mass is 19.4. The second kappa shape index (κ2) is 6.62. The predicted octanol–water partition coefficient (Wildman–Crippen LogP) is 4.94. The van der Waals surface area contributed by atoms with Crippen LogP contribution in [0.15, 0.2) is 57.6 Å². The lowest BCUT2D eigenvalue weighted by molar-refractivity contribution is -0.274. The molecular weight excluding hydrogens is 377 g/mol. The highest BCUT2D eigenvalue weighted by Crippen LogP contribution is 2.35. The van der Waals surface area contributed by atoms with Gasteiger partial charge in [-0.05, 0) is 35.9 Å². The Labute approximate surface area is 155 Å². The summed E-state index contributed by atoms with van der Waals surface area (Å²) >= 11 is 0. The minimum absolute atomic E-state index is 0.0537. The van der Waals surface area contributed by atoms with Gasteiger partial charge < -0.3 is 13.6 Å². The number of hydrogen-bond acceptors (Lipinski definition) is 7. The number of anilines is 1. The Morgan fingerprint density at radius 1 is 1.07 bits per heavy atom. The summed E-state index contributed by atoms with van der Waals surface area (Å²) in [6.45, 7) is 0. The van der Waals surface area contributed by atoms with E-state index < -0.39 is 6.36 Å². The fraction of sp³-hybridized carbons (Fsp3) is 0.0556. The molecule has 28 heavy (non-hydrogen) atoms. The second-order valence-corrected chi connectivity index (χ2v) is 5.59. The van der Waals surface area contributed by atoms with Gasteiger partial charge in [0.2, 0.25) is 5.89 Å². The van der Waals surface area contributed by atoms with Crippen LogP contribution in [0.4, 0.5) is 19.2 Å². The van der Waals surface area contributed by atoms with Crippen molar-refractivity contribution in [3.8, 4) is 34.5 Å². The van der Waals surface area contributed by atoms with E-state index in [0.717, 1.165) is 0 Å². The molecule has 0 fully saturated rings. The van der Waals surface area contributed by atoms with E-state index >= 15 is 0 Å². The zero-order chi connectivity index (χ0) is 19.7. The van der Waals surface area contributed by atoms with Crippen LogP contribution in [0.2, 0.25) is 0 Å². The van der Waals surface area contributed by atoms with E-state index in [2.05, 4.69) is 20.3 Å². The van der Waals surface area contributed by atoms with Gasteiger partial charge in [-0.25, -0.2) is 5.32 Å². The molecular formula is C18H9F3N4O3. The summed E-state index contributed by atoms with van der Waals surface area (Å²) in [4.78, 5) is 0. The van der Waals surface area contributed by atoms with E-state index in [1.54, 1.807) is 30.5 Å². The van der Waals surface area contributed by atoms with Crippen molar-refractivity contribution in [1.29, 1.82) is 5.26 Å². The summed E-state index contributed by atoms with van der Waals surface area (Å²) in [6, 6.07) is 10.6. The fourth-order valence-electron chi connectivity index (χ4n) is 2.68. The normalized spacial score (nSPS) is 11.4. The van der Waals surface area contributed by atoms with Gasteiger partial charge in [-0.3, -0.25) is 0 Å². The van der Waals surface area contributed by atoms with E-state index in [1.807, 2.05) is 0 Å². The highest BCUT2D eigenvalue weighted by molar-refractivity contribution is 5.96. The van der Waals surface area contributed by atoms with Crippen molar-refractivity contribution in [2.75, 3.05) is 5.32 Å². The fourth-order valence-corrected chi connectivity index (χ4v) is 2.68. The molecule has 2 heterocycles. The molecule has 4 rings (SSSR count). The van der Waals surface area contributed by atoms with Gasteiger partial charge >= 0.3 is 12.4 Å². The first kappa shape index (κ1) is 17.4. The van der Waals surface area contributed by atoms with Crippen molar-refractivity contribution in [2.24, 2.45) is 0 Å². The first-order valence-corrected chi connectivity index (χ1v) is 7.79. The molecule has 0 amide bonds. The van der Waals surface area contributed by atoms with Crippen molar-refractivity contribution in [2.45, 2.75) is 6.36 Å². The standard InChI is InChI=1S/C18H9F3N4O3/c19-18(20,21)28-12-3-1-2-10(6-12)14-8-26-15-5-4-11(7-13(14)15)16-24-25-17(27-16)23-9-22/h1-8H,(H,23,25). The van der Waals surface area contributed by atoms with Gasteiger partial charge in [0.05, 0.1) is 6.26 Å². The number of rotatable bonds is 4. The van der Waals surface area contributed by atoms with Crippen LogP contribution in [-0.4, -0.2) is 16.6 Å². The second-order valence-electron chi connectivity index (χ2n) is 5.59. The van der Waals surface area contributed by atoms with Gasteiger partial charge in [0, 0.05) is 16.5 Å². The number of hydrogen-bond donors (Lipinski definition) is 1. The van der Waals surface area contributed by atoms with Crippen LogP contribution in [0.3, 0.4) is 0 Å². The number of fused-ring (bicyclic) bond motifs is 1. The molecule has 7 nitrogen and oxygen atoms in total. The molecule has 0 bridgehead atoms. The van der Waals surface area contributed by atoms with Crippen LogP contribution >= 0.6 is 0 Å². The zero-order valence-corrected chi connectivity index (χ0v) is 13.8. The van der Waals surface area contributed by atoms with Crippen molar-refractivity contribution < 1.29 is 26.7 Å². The third kappa shape index (κ3) is 3.45. The molecule has 0 saturated heterocycles. The lowest BCUT2D eigenvalue weighted by Crippen LogP contribution is -2.17. The third-order valence-electron chi connectivity index (χ3n) is 3.79. The van der Waals surface area contributed by atoms with Gasteiger partial charge in [-0.2, -0.15) is 5.26 Å². The molecule has 4 aromatic rings. The lowest BCUT2D eigenvalue weighted by atomic mass is 10.0. The number of alkyl halides is 3. The SMILES string of the molecule is N#CNc1nnc(-c2ccc3occ(-c4cccc(OC(F)(F)F)c4)c3c2)o1. The molecule has 2 aromatic carbocycles. The third-order valence-corrected chi connectivity index (χ3v) is 3.79. The Balaban J connectivity index is 1.74. The molecule has 1 N–H and O–H groups in total. The Kier molecular flexibility index (Phi) is 4.12. The number of furan rings is 1. The average Bonchev–Trinajstić information content (AvgIpc) is 3.27. The first-order chi connectivity index (χ1) is 13.4. The molecule has 0 saturated carbocycles. The molecule has 0 unspecified atom stereocenters. The quantitative estimate of drug-likeness (QED) is 0.392. The van der Waals surface area contributed by atoms with Crippen LogP contribution in [0.1, 0.15) is 0 Å². The van der Waals surface area contributed by atoms with E-state index in [4.69, 9.17) is 14.1 Å². The van der Waals surface area contributed by atoms with Crippen LogP contribution in [0.25, 0.3) is 33.6 Å². The van der Waals surface area contributed by atoms with Crippen molar-refractivity contribution in [3.63, 3.8) is 0 Å². The number of ether oxygens (including phenoxy) is 1. The molecule has 0 atom stereocenters. The van der Waals surface area contributed by atoms with Crippen LogP contribution in [0.5, 0.6) is 5.75 Å². The van der Waals surface area contributed by atoms with E-state index in [-0.39, 0.29) is 17.7 Å². The minimum atomic E-state index is -4.78. The zero-order valence-electron chi connectivity index (χ0n) is 13.8. The summed E-state index contributed by atoms with van der Waals surface area (Å²) in [6.07, 6.45) is -1.67. The Hall–Kier alpha value is -4.00. The average molecular weight is 386 g/mol. The Morgan fingerprint density at radius 3 is 2.71 bits per heavy atom. The van der Waals surface area contributed by atoms with Gasteiger partial charge in [0.25, 0.3) is 0 Å². The van der Waals surface area contributed by atoms with Gasteiger partial charge in [-0.1, -0.05) is 17.2 Å². The van der Waals surface area contributed by atoms with Crippen LogP contribution < -0.4 is 10.1 Å². The Morgan fingerprint density at radius 2 is 1.93 bits per heavy atom. The van der Waals surface area contributed by atoms with Gasteiger partial charge in [-0.15, -0.1) is 18.3 Å². The molecule has 140 valence electrons. The molecule has 0 aliphatic rings. The van der Waals surface area contributed by atoms with Crippen molar-refractivity contribution in [1.82, 2.24) is 10.2 Å². The van der Waals surface area contributed by atoms with Crippen molar-refractivity contribution in [3.05, 3.63) is 48.7 Å². The number of benzene rings is 2. The van der Waals surface area contributed by atoms with Crippen molar-refractivity contribution >= 4 is 17.0 Å². The number of aromatic nitrogens is 2. The van der Waals surface area contributed by atoms with Crippen LogP contribution in [-0.2, 0) is 0 Å². The summed E-state index contributed by atoms with van der Waals surface area (Å²) in [7, 11) is 0. The maximum atomic E-state index is 12.5. The molecule has 0 spiro atoms.